The van der Waals surface area contributed by atoms with Gasteiger partial charge >= 0.3 is 0 Å². The molecule has 0 saturated carbocycles. The van der Waals surface area contributed by atoms with Gasteiger partial charge in [-0.25, -0.2) is 0 Å². The van der Waals surface area contributed by atoms with Gasteiger partial charge in [0.2, 0.25) is 0 Å². The van der Waals surface area contributed by atoms with Gasteiger partial charge in [-0.3, -0.25) is 0 Å². The van der Waals surface area contributed by atoms with Crippen LogP contribution in [-0.2, 0) is 45.2 Å². The molecule has 0 amide bonds. The number of hydrogen-bond donors (Lipinski definition) is 1. The lowest BCUT2D eigenvalue weighted by molar-refractivity contribution is -0.263. The summed E-state index contributed by atoms with van der Waals surface area (Å²) in [5, 5.41) is 12.7. The van der Waals surface area contributed by atoms with Crippen LogP contribution in [0.1, 0.15) is 46.4 Å². The number of hydrogen-bond acceptors (Lipinski definition) is 6. The van der Waals surface area contributed by atoms with Crippen LogP contribution < -0.4 is 4.74 Å². The number of benzene rings is 5. The molecule has 1 N–H and O–H groups in total. The number of aliphatic hydroxyl groups is 1. The molecule has 1 aliphatic heterocycles. The molecule has 5 aromatic carbocycles. The first-order chi connectivity index (χ1) is 24.1. The van der Waals surface area contributed by atoms with E-state index < -0.39 is 30.5 Å². The van der Waals surface area contributed by atoms with Crippen molar-refractivity contribution < 1.29 is 28.8 Å². The van der Waals surface area contributed by atoms with E-state index in [0.29, 0.717) is 37.9 Å². The summed E-state index contributed by atoms with van der Waals surface area (Å²) in [5.41, 5.74) is 5.91. The zero-order valence-corrected chi connectivity index (χ0v) is 28.5. The van der Waals surface area contributed by atoms with Crippen molar-refractivity contribution in [2.75, 3.05) is 13.2 Å². The Labute approximate surface area is 294 Å². The smallest absolute Gasteiger partial charge is 0.119 e. The number of aliphatic hydroxyl groups excluding tert-OH is 1. The SMILES string of the molecule is CCOc1ccc(Cc2cc([C@@H]3O[C@H](COCc4ccccc4)[C@@H](OCc4ccccc4)[C@H](OCc4ccccc4)[C@H]3O)ccc2Cl)cc1. The minimum Gasteiger partial charge on any atom is -0.494 e. The van der Waals surface area contributed by atoms with Crippen LogP contribution in [0.2, 0.25) is 5.02 Å². The van der Waals surface area contributed by atoms with Gasteiger partial charge in [0.25, 0.3) is 0 Å². The van der Waals surface area contributed by atoms with Gasteiger partial charge in [0.1, 0.15) is 36.3 Å². The summed E-state index contributed by atoms with van der Waals surface area (Å²) < 4.78 is 31.7. The van der Waals surface area contributed by atoms with E-state index in [2.05, 4.69) is 0 Å². The Kier molecular flexibility index (Phi) is 12.5. The van der Waals surface area contributed by atoms with Crippen LogP contribution in [0.4, 0.5) is 0 Å². The fourth-order valence-corrected chi connectivity index (χ4v) is 6.31. The van der Waals surface area contributed by atoms with E-state index >= 15 is 0 Å². The van der Waals surface area contributed by atoms with Gasteiger partial charge in [0.15, 0.2) is 0 Å². The first kappa shape index (κ1) is 34.8. The molecule has 6 rings (SSSR count). The maximum atomic E-state index is 12.1. The summed E-state index contributed by atoms with van der Waals surface area (Å²) in [6.45, 7) is 3.89. The van der Waals surface area contributed by atoms with E-state index in [9.17, 15) is 5.11 Å². The first-order valence-electron chi connectivity index (χ1n) is 16.8. The van der Waals surface area contributed by atoms with Crippen LogP contribution in [0.15, 0.2) is 133 Å². The molecule has 0 spiro atoms. The summed E-state index contributed by atoms with van der Waals surface area (Å²) in [7, 11) is 0. The zero-order chi connectivity index (χ0) is 33.8. The lowest BCUT2D eigenvalue weighted by atomic mass is 9.89. The lowest BCUT2D eigenvalue weighted by Gasteiger charge is -2.45. The normalized spacial score (nSPS) is 20.6. The standard InChI is InChI=1S/C42H43ClO6/c1-2-46-36-21-18-30(19-22-36)24-35-25-34(20-23-37(35)43)40-39(44)42(48-28-33-16-10-5-11-17-33)41(47-27-32-14-8-4-9-15-32)38(49-40)29-45-26-31-12-6-3-7-13-31/h3-23,25,38-42,44H,2,24,26-29H2,1H3/t38-,39+,40+,41-,42-/m1/s1. The van der Waals surface area contributed by atoms with Gasteiger partial charge in [-0.1, -0.05) is 127 Å². The fourth-order valence-electron chi connectivity index (χ4n) is 6.13. The Balaban J connectivity index is 1.28. The van der Waals surface area contributed by atoms with Gasteiger partial charge in [-0.15, -0.1) is 0 Å². The van der Waals surface area contributed by atoms with E-state index in [0.717, 1.165) is 39.1 Å². The minimum absolute atomic E-state index is 0.245. The largest absolute Gasteiger partial charge is 0.494 e. The van der Waals surface area contributed by atoms with Crippen molar-refractivity contribution in [3.8, 4) is 5.75 Å². The van der Waals surface area contributed by atoms with Gasteiger partial charge in [0.05, 0.1) is 33.0 Å². The highest BCUT2D eigenvalue weighted by atomic mass is 35.5. The van der Waals surface area contributed by atoms with Gasteiger partial charge in [-0.2, -0.15) is 0 Å². The molecule has 1 heterocycles. The van der Waals surface area contributed by atoms with E-state index in [1.165, 1.54) is 0 Å². The molecule has 1 saturated heterocycles. The highest BCUT2D eigenvalue weighted by Gasteiger charge is 2.47. The molecule has 0 radical (unpaired) electrons. The second kappa shape index (κ2) is 17.6. The number of halogens is 1. The minimum atomic E-state index is -1.03. The molecule has 49 heavy (non-hydrogen) atoms. The topological polar surface area (TPSA) is 66.4 Å². The van der Waals surface area contributed by atoms with Crippen molar-refractivity contribution in [2.45, 2.75) is 63.7 Å². The van der Waals surface area contributed by atoms with Crippen molar-refractivity contribution in [3.63, 3.8) is 0 Å². The Morgan fingerprint density at radius 3 is 1.82 bits per heavy atom. The third-order valence-corrected chi connectivity index (χ3v) is 9.02. The average Bonchev–Trinajstić information content (AvgIpc) is 3.14. The molecule has 1 fully saturated rings. The van der Waals surface area contributed by atoms with Crippen molar-refractivity contribution in [1.82, 2.24) is 0 Å². The summed E-state index contributed by atoms with van der Waals surface area (Å²) in [6, 6.07) is 43.8. The second-order valence-corrected chi connectivity index (χ2v) is 12.6. The molecule has 7 heteroatoms. The Hall–Kier alpha value is -4.01. The van der Waals surface area contributed by atoms with E-state index in [4.69, 9.17) is 35.3 Å². The van der Waals surface area contributed by atoms with Crippen molar-refractivity contribution in [3.05, 3.63) is 172 Å². The van der Waals surface area contributed by atoms with Crippen LogP contribution in [-0.4, -0.2) is 42.7 Å². The molecule has 5 aromatic rings. The second-order valence-electron chi connectivity index (χ2n) is 12.2. The molecule has 0 aromatic heterocycles. The number of rotatable bonds is 15. The molecule has 5 atom stereocenters. The Morgan fingerprint density at radius 1 is 0.653 bits per heavy atom. The Morgan fingerprint density at radius 2 is 1.22 bits per heavy atom. The number of ether oxygens (including phenoxy) is 5. The lowest BCUT2D eigenvalue weighted by Crippen LogP contribution is -2.57. The van der Waals surface area contributed by atoms with Gasteiger partial charge in [0, 0.05) is 5.02 Å². The van der Waals surface area contributed by atoms with Crippen LogP contribution in [0.3, 0.4) is 0 Å². The highest BCUT2D eigenvalue weighted by Crippen LogP contribution is 2.38. The molecule has 0 unspecified atom stereocenters. The maximum Gasteiger partial charge on any atom is 0.119 e. The summed E-state index contributed by atoms with van der Waals surface area (Å²) >= 11 is 6.73. The highest BCUT2D eigenvalue weighted by molar-refractivity contribution is 6.31. The van der Waals surface area contributed by atoms with Crippen LogP contribution in [0, 0.1) is 0 Å². The van der Waals surface area contributed by atoms with E-state index in [-0.39, 0.29) is 6.61 Å². The van der Waals surface area contributed by atoms with Gasteiger partial charge < -0.3 is 28.8 Å². The first-order valence-corrected chi connectivity index (χ1v) is 17.2. The monoisotopic (exact) mass is 678 g/mol. The fraction of sp³-hybridized carbons (Fsp3) is 0.286. The molecular weight excluding hydrogens is 636 g/mol. The van der Waals surface area contributed by atoms with Crippen LogP contribution >= 0.6 is 11.6 Å². The molecule has 0 bridgehead atoms. The Bertz CT molecular complexity index is 1700. The maximum absolute atomic E-state index is 12.1. The third-order valence-electron chi connectivity index (χ3n) is 8.65. The summed E-state index contributed by atoms with van der Waals surface area (Å²) in [6.07, 6.45) is -2.98. The van der Waals surface area contributed by atoms with Crippen LogP contribution in [0.5, 0.6) is 5.75 Å². The van der Waals surface area contributed by atoms with Crippen molar-refractivity contribution in [2.24, 2.45) is 0 Å². The van der Waals surface area contributed by atoms with E-state index in [1.54, 1.807) is 0 Å². The third kappa shape index (κ3) is 9.58. The quantitative estimate of drug-likeness (QED) is 0.120. The van der Waals surface area contributed by atoms with Crippen molar-refractivity contribution in [1.29, 1.82) is 0 Å². The molecule has 254 valence electrons. The molecular formula is C42H43ClO6. The van der Waals surface area contributed by atoms with Crippen molar-refractivity contribution >= 4 is 11.6 Å². The zero-order valence-electron chi connectivity index (χ0n) is 27.7. The average molecular weight is 679 g/mol. The predicted molar refractivity (Wildman–Crippen MR) is 192 cm³/mol. The van der Waals surface area contributed by atoms with Crippen LogP contribution in [0.25, 0.3) is 0 Å². The predicted octanol–water partition coefficient (Wildman–Crippen LogP) is 8.52. The van der Waals surface area contributed by atoms with E-state index in [1.807, 2.05) is 140 Å². The molecule has 0 aliphatic carbocycles. The molecule has 1 aliphatic rings. The summed E-state index contributed by atoms with van der Waals surface area (Å²) in [5.74, 6) is 0.830. The molecule has 6 nitrogen and oxygen atoms in total. The summed E-state index contributed by atoms with van der Waals surface area (Å²) in [4.78, 5) is 0. The van der Waals surface area contributed by atoms with Gasteiger partial charge in [-0.05, 0) is 64.9 Å².